The maximum atomic E-state index is 11.5. The molecule has 0 amide bonds. The zero-order valence-electron chi connectivity index (χ0n) is 10.4. The van der Waals surface area contributed by atoms with Gasteiger partial charge in [-0.3, -0.25) is 4.79 Å². The Balaban J connectivity index is 1.92. The van der Waals surface area contributed by atoms with E-state index in [1.54, 1.807) is 6.92 Å². The topological polar surface area (TPSA) is 57.5 Å². The van der Waals surface area contributed by atoms with E-state index in [9.17, 15) is 15.0 Å². The summed E-state index contributed by atoms with van der Waals surface area (Å²) in [5, 5.41) is 19.3. The van der Waals surface area contributed by atoms with Crippen LogP contribution in [-0.2, 0) is 4.79 Å². The first kappa shape index (κ1) is 11.5. The second kappa shape index (κ2) is 3.71. The van der Waals surface area contributed by atoms with Crippen molar-refractivity contribution in [3.05, 3.63) is 0 Å². The molecule has 2 atom stereocenters. The van der Waals surface area contributed by atoms with Crippen LogP contribution in [0.4, 0.5) is 0 Å². The van der Waals surface area contributed by atoms with Gasteiger partial charge in [-0.25, -0.2) is 0 Å². The average Bonchev–Trinajstić information content (AvgIpc) is 2.11. The van der Waals surface area contributed by atoms with Gasteiger partial charge in [-0.15, -0.1) is 0 Å². The number of hydrogen-bond donors (Lipinski definition) is 2. The maximum absolute atomic E-state index is 11.5. The number of aliphatic carboxylic acids is 1. The van der Waals surface area contributed by atoms with Gasteiger partial charge in [0.15, 0.2) is 0 Å². The van der Waals surface area contributed by atoms with Crippen molar-refractivity contribution in [2.75, 3.05) is 0 Å². The van der Waals surface area contributed by atoms with E-state index in [0.29, 0.717) is 0 Å². The Morgan fingerprint density at radius 3 is 1.82 bits per heavy atom. The zero-order chi connectivity index (χ0) is 12.2. The van der Waals surface area contributed by atoms with Crippen LogP contribution in [-0.4, -0.2) is 22.3 Å². The highest BCUT2D eigenvalue weighted by molar-refractivity contribution is 5.72. The summed E-state index contributed by atoms with van der Waals surface area (Å²) in [6.07, 6.45) is 6.34. The van der Waals surface area contributed by atoms with Crippen molar-refractivity contribution in [1.29, 1.82) is 0 Å². The van der Waals surface area contributed by atoms with Crippen LogP contribution in [0.15, 0.2) is 0 Å². The number of aliphatic hydroxyl groups is 1. The van der Waals surface area contributed by atoms with Gasteiger partial charge >= 0.3 is 5.97 Å². The summed E-state index contributed by atoms with van der Waals surface area (Å²) >= 11 is 0. The van der Waals surface area contributed by atoms with Gasteiger partial charge in [-0.05, 0) is 68.6 Å². The van der Waals surface area contributed by atoms with Crippen molar-refractivity contribution >= 4 is 5.97 Å². The highest BCUT2D eigenvalue weighted by Crippen LogP contribution is 2.63. The van der Waals surface area contributed by atoms with Crippen LogP contribution in [0, 0.1) is 29.1 Å². The third-order valence-corrected chi connectivity index (χ3v) is 5.49. The molecule has 0 heterocycles. The van der Waals surface area contributed by atoms with E-state index in [1.807, 2.05) is 0 Å². The molecule has 96 valence electrons. The Morgan fingerprint density at radius 2 is 1.53 bits per heavy atom. The van der Waals surface area contributed by atoms with Crippen LogP contribution in [0.3, 0.4) is 0 Å². The van der Waals surface area contributed by atoms with Gasteiger partial charge < -0.3 is 10.2 Å². The Morgan fingerprint density at radius 1 is 1.12 bits per heavy atom. The molecule has 4 aliphatic rings. The van der Waals surface area contributed by atoms with Crippen molar-refractivity contribution < 1.29 is 15.0 Å². The molecule has 3 heteroatoms. The maximum Gasteiger partial charge on any atom is 0.309 e. The second-order valence-electron chi connectivity index (χ2n) is 6.84. The van der Waals surface area contributed by atoms with Crippen molar-refractivity contribution in [2.24, 2.45) is 29.1 Å². The lowest BCUT2D eigenvalue weighted by atomic mass is 9.46. The SMILES string of the molecule is C[C@H](O)[C@H](C(=O)O)C12CC3CC(CC(C3)C1)C2. The highest BCUT2D eigenvalue weighted by Gasteiger charge is 2.57. The summed E-state index contributed by atoms with van der Waals surface area (Å²) in [6.45, 7) is 1.65. The minimum atomic E-state index is -0.790. The van der Waals surface area contributed by atoms with Crippen molar-refractivity contribution in [2.45, 2.75) is 51.6 Å². The largest absolute Gasteiger partial charge is 0.481 e. The Bertz CT molecular complexity index is 299. The van der Waals surface area contributed by atoms with Crippen LogP contribution in [0.5, 0.6) is 0 Å². The average molecular weight is 238 g/mol. The Hall–Kier alpha value is -0.570. The normalized spacial score (nSPS) is 46.8. The van der Waals surface area contributed by atoms with Crippen LogP contribution in [0.25, 0.3) is 0 Å². The van der Waals surface area contributed by atoms with Gasteiger partial charge in [-0.2, -0.15) is 0 Å². The third-order valence-electron chi connectivity index (χ3n) is 5.49. The fraction of sp³-hybridized carbons (Fsp3) is 0.929. The molecule has 4 fully saturated rings. The zero-order valence-corrected chi connectivity index (χ0v) is 10.4. The van der Waals surface area contributed by atoms with Gasteiger partial charge in [0.2, 0.25) is 0 Å². The minimum Gasteiger partial charge on any atom is -0.481 e. The first-order chi connectivity index (χ1) is 8.00. The lowest BCUT2D eigenvalue weighted by molar-refractivity contribution is -0.167. The lowest BCUT2D eigenvalue weighted by Crippen LogP contribution is -2.54. The summed E-state index contributed by atoms with van der Waals surface area (Å²) in [7, 11) is 0. The number of aliphatic hydroxyl groups excluding tert-OH is 1. The molecule has 0 spiro atoms. The standard InChI is InChI=1S/C14H22O3/c1-8(15)12(13(16)17)14-5-9-2-10(6-14)4-11(3-9)7-14/h8-12,15H,2-7H2,1H3,(H,16,17)/t8-,9?,10?,11?,12+,14?/m0/s1. The van der Waals surface area contributed by atoms with E-state index in [1.165, 1.54) is 19.3 Å². The smallest absolute Gasteiger partial charge is 0.309 e. The van der Waals surface area contributed by atoms with E-state index < -0.39 is 18.0 Å². The van der Waals surface area contributed by atoms with Gasteiger partial charge in [-0.1, -0.05) is 0 Å². The summed E-state index contributed by atoms with van der Waals surface area (Å²) in [5.74, 6) is 0.878. The van der Waals surface area contributed by atoms with E-state index in [4.69, 9.17) is 0 Å². The quantitative estimate of drug-likeness (QED) is 0.793. The molecule has 3 nitrogen and oxygen atoms in total. The third kappa shape index (κ3) is 1.70. The summed E-state index contributed by atoms with van der Waals surface area (Å²) in [4.78, 5) is 11.5. The number of carboxylic acids is 1. The van der Waals surface area contributed by atoms with Gasteiger partial charge in [0.05, 0.1) is 12.0 Å². The molecule has 0 aromatic heterocycles. The molecule has 4 saturated carbocycles. The Kier molecular flexibility index (Phi) is 2.51. The molecule has 0 aliphatic heterocycles. The van der Waals surface area contributed by atoms with E-state index in [0.717, 1.165) is 37.0 Å². The summed E-state index contributed by atoms with van der Waals surface area (Å²) < 4.78 is 0. The second-order valence-corrected chi connectivity index (χ2v) is 6.84. The van der Waals surface area contributed by atoms with Crippen LogP contribution in [0.1, 0.15) is 45.4 Å². The van der Waals surface area contributed by atoms with Gasteiger partial charge in [0, 0.05) is 0 Å². The molecule has 4 bridgehead atoms. The number of carboxylic acid groups (broad SMARTS) is 1. The molecule has 0 saturated heterocycles. The molecule has 2 N–H and O–H groups in total. The number of carbonyl (C=O) groups is 1. The van der Waals surface area contributed by atoms with Crippen LogP contribution in [0.2, 0.25) is 0 Å². The number of rotatable bonds is 3. The molecular formula is C14H22O3. The fourth-order valence-corrected chi connectivity index (χ4v) is 5.54. The molecule has 0 radical (unpaired) electrons. The van der Waals surface area contributed by atoms with Crippen molar-refractivity contribution in [1.82, 2.24) is 0 Å². The Labute approximate surface area is 102 Å². The predicted octanol–water partition coefficient (Wildman–Crippen LogP) is 2.28. The van der Waals surface area contributed by atoms with E-state index >= 15 is 0 Å². The van der Waals surface area contributed by atoms with E-state index in [2.05, 4.69) is 0 Å². The molecular weight excluding hydrogens is 216 g/mol. The first-order valence-corrected chi connectivity index (χ1v) is 6.91. The van der Waals surface area contributed by atoms with Crippen molar-refractivity contribution in [3.63, 3.8) is 0 Å². The highest BCUT2D eigenvalue weighted by atomic mass is 16.4. The minimum absolute atomic E-state index is 0.0885. The molecule has 0 aromatic rings. The molecule has 0 aromatic carbocycles. The first-order valence-electron chi connectivity index (χ1n) is 6.91. The van der Waals surface area contributed by atoms with Crippen LogP contribution >= 0.6 is 0 Å². The summed E-state index contributed by atoms with van der Waals surface area (Å²) in [6, 6.07) is 0. The number of hydrogen-bond acceptors (Lipinski definition) is 2. The van der Waals surface area contributed by atoms with Crippen molar-refractivity contribution in [3.8, 4) is 0 Å². The summed E-state index contributed by atoms with van der Waals surface area (Å²) in [5.41, 5.74) is -0.0885. The molecule has 4 rings (SSSR count). The predicted molar refractivity (Wildman–Crippen MR) is 63.4 cm³/mol. The fourth-order valence-electron chi connectivity index (χ4n) is 5.54. The lowest BCUT2D eigenvalue weighted by Gasteiger charge is -2.59. The molecule has 0 unspecified atom stereocenters. The van der Waals surface area contributed by atoms with Crippen LogP contribution < -0.4 is 0 Å². The van der Waals surface area contributed by atoms with E-state index in [-0.39, 0.29) is 5.41 Å². The van der Waals surface area contributed by atoms with Gasteiger partial charge in [0.1, 0.15) is 0 Å². The van der Waals surface area contributed by atoms with Gasteiger partial charge in [0.25, 0.3) is 0 Å². The molecule has 17 heavy (non-hydrogen) atoms. The monoisotopic (exact) mass is 238 g/mol. The molecule has 4 aliphatic carbocycles.